The Morgan fingerprint density at radius 3 is 2.63 bits per heavy atom. The Morgan fingerprint density at radius 2 is 1.90 bits per heavy atom. The topological polar surface area (TPSA) is 79.1 Å². The molecule has 1 aliphatic heterocycles. The number of thiazole rings is 1. The van der Waals surface area contributed by atoms with Crippen LogP contribution in [0.25, 0.3) is 16.3 Å². The van der Waals surface area contributed by atoms with Crippen LogP contribution in [-0.2, 0) is 20.9 Å². The third-order valence-corrected chi connectivity index (χ3v) is 5.40. The average Bonchev–Trinajstić information content (AvgIpc) is 3.07. The molecule has 1 aliphatic rings. The van der Waals surface area contributed by atoms with E-state index in [1.807, 2.05) is 42.5 Å². The summed E-state index contributed by atoms with van der Waals surface area (Å²) in [5.41, 5.74) is 1.63. The number of hydrogen-bond acceptors (Lipinski definition) is 6. The zero-order valence-corrected chi connectivity index (χ0v) is 17.2. The molecule has 0 fully saturated rings. The quantitative estimate of drug-likeness (QED) is 0.464. The van der Waals surface area contributed by atoms with E-state index in [1.165, 1.54) is 17.4 Å². The number of esters is 1. The van der Waals surface area contributed by atoms with E-state index in [0.717, 1.165) is 15.8 Å². The van der Waals surface area contributed by atoms with Crippen LogP contribution in [0.2, 0.25) is 0 Å². The third kappa shape index (κ3) is 4.44. The summed E-state index contributed by atoms with van der Waals surface area (Å²) in [5.74, 6) is 0.423. The highest BCUT2D eigenvalue weighted by Crippen LogP contribution is 2.35. The highest BCUT2D eigenvalue weighted by atomic mass is 32.1. The first-order valence-electron chi connectivity index (χ1n) is 9.54. The summed E-state index contributed by atoms with van der Waals surface area (Å²) in [4.78, 5) is 29.2. The van der Waals surface area contributed by atoms with Crippen molar-refractivity contribution in [2.24, 2.45) is 4.99 Å². The monoisotopic (exact) mass is 424 g/mol. The molecule has 0 atom stereocenters. The summed E-state index contributed by atoms with van der Waals surface area (Å²) in [5, 5.41) is 0. The summed E-state index contributed by atoms with van der Waals surface area (Å²) in [6.07, 6.45) is 3.11. The Labute approximate surface area is 176 Å². The van der Waals surface area contributed by atoms with E-state index in [9.17, 15) is 9.59 Å². The maximum absolute atomic E-state index is 12.5. The lowest BCUT2D eigenvalue weighted by molar-refractivity contribution is -0.143. The molecule has 0 radical (unpaired) electrons. The Kier molecular flexibility index (Phi) is 5.94. The lowest BCUT2D eigenvalue weighted by Crippen LogP contribution is -2.23. The molecular formula is C22H20N2O5S. The lowest BCUT2D eigenvalue weighted by atomic mass is 10.2. The second kappa shape index (κ2) is 8.96. The van der Waals surface area contributed by atoms with Crippen molar-refractivity contribution < 1.29 is 23.8 Å². The van der Waals surface area contributed by atoms with Crippen LogP contribution in [0.3, 0.4) is 0 Å². The summed E-state index contributed by atoms with van der Waals surface area (Å²) in [7, 11) is 0. The van der Waals surface area contributed by atoms with Crippen molar-refractivity contribution in [3.63, 3.8) is 0 Å². The molecule has 154 valence electrons. The number of fused-ring (bicyclic) bond motifs is 2. The number of ether oxygens (including phenoxy) is 3. The van der Waals surface area contributed by atoms with Crippen LogP contribution in [-0.4, -0.2) is 36.3 Å². The molecule has 1 aromatic heterocycles. The van der Waals surface area contributed by atoms with Crippen LogP contribution in [0.4, 0.5) is 0 Å². The number of aromatic nitrogens is 1. The van der Waals surface area contributed by atoms with E-state index in [2.05, 4.69) is 4.99 Å². The number of benzene rings is 2. The second-order valence-electron chi connectivity index (χ2n) is 6.43. The Hall–Kier alpha value is -3.39. The van der Waals surface area contributed by atoms with Crippen LogP contribution in [0.5, 0.6) is 11.5 Å². The highest BCUT2D eigenvalue weighted by molar-refractivity contribution is 7.16. The first kappa shape index (κ1) is 19.9. The number of rotatable bonds is 5. The van der Waals surface area contributed by atoms with Gasteiger partial charge >= 0.3 is 5.97 Å². The number of carbonyl (C=O) groups is 2. The summed E-state index contributed by atoms with van der Waals surface area (Å²) < 4.78 is 18.9. The van der Waals surface area contributed by atoms with E-state index in [1.54, 1.807) is 17.6 Å². The molecule has 0 spiro atoms. The minimum absolute atomic E-state index is 0.0536. The first-order valence-corrected chi connectivity index (χ1v) is 10.4. The smallest absolute Gasteiger partial charge is 0.326 e. The predicted molar refractivity (Wildman–Crippen MR) is 113 cm³/mol. The molecular weight excluding hydrogens is 404 g/mol. The molecule has 3 aromatic rings. The maximum Gasteiger partial charge on any atom is 0.326 e. The standard InChI is InChI=1S/C22H20N2O5S/c1-2-27-21(26)14-24-16-12-17-18(29-11-10-28-17)13-19(16)30-22(24)23-20(25)9-8-15-6-4-3-5-7-15/h3-9,12-13H,2,10-11,14H2,1H3/b9-8+,23-22?. The SMILES string of the molecule is CCOC(=O)Cn1c(=NC(=O)/C=C/c2ccccc2)sc2cc3c(cc21)OCCO3. The van der Waals surface area contributed by atoms with Crippen LogP contribution in [0.1, 0.15) is 12.5 Å². The van der Waals surface area contributed by atoms with Gasteiger partial charge in [-0.05, 0) is 18.6 Å². The molecule has 30 heavy (non-hydrogen) atoms. The van der Waals surface area contributed by atoms with Crippen molar-refractivity contribution >= 4 is 39.5 Å². The van der Waals surface area contributed by atoms with Gasteiger partial charge in [0.15, 0.2) is 16.3 Å². The number of amides is 1. The third-order valence-electron chi connectivity index (χ3n) is 4.36. The highest BCUT2D eigenvalue weighted by Gasteiger charge is 2.18. The van der Waals surface area contributed by atoms with Gasteiger partial charge in [-0.25, -0.2) is 0 Å². The van der Waals surface area contributed by atoms with Crippen LogP contribution >= 0.6 is 11.3 Å². The van der Waals surface area contributed by atoms with Gasteiger partial charge in [0.25, 0.3) is 5.91 Å². The first-order chi connectivity index (χ1) is 14.6. The van der Waals surface area contributed by atoms with Crippen molar-refractivity contribution in [1.82, 2.24) is 4.57 Å². The normalized spacial score (nSPS) is 13.7. The zero-order valence-electron chi connectivity index (χ0n) is 16.4. The van der Waals surface area contributed by atoms with Crippen molar-refractivity contribution in [1.29, 1.82) is 0 Å². The van der Waals surface area contributed by atoms with Gasteiger partial charge in [-0.3, -0.25) is 9.59 Å². The minimum Gasteiger partial charge on any atom is -0.486 e. The fourth-order valence-corrected chi connectivity index (χ4v) is 4.09. The fourth-order valence-electron chi connectivity index (χ4n) is 3.04. The van der Waals surface area contributed by atoms with Gasteiger partial charge < -0.3 is 18.8 Å². The predicted octanol–water partition coefficient (Wildman–Crippen LogP) is 3.18. The van der Waals surface area contributed by atoms with E-state index < -0.39 is 11.9 Å². The maximum atomic E-state index is 12.5. The van der Waals surface area contributed by atoms with Crippen molar-refractivity contribution in [3.8, 4) is 11.5 Å². The molecule has 0 bridgehead atoms. The van der Waals surface area contributed by atoms with Crippen LogP contribution < -0.4 is 14.3 Å². The van der Waals surface area contributed by atoms with Gasteiger partial charge in [0.05, 0.1) is 16.8 Å². The van der Waals surface area contributed by atoms with Crippen LogP contribution in [0, 0.1) is 0 Å². The molecule has 1 amide bonds. The van der Waals surface area contributed by atoms with Gasteiger partial charge in [0.2, 0.25) is 0 Å². The fraction of sp³-hybridized carbons (Fsp3) is 0.227. The molecule has 4 rings (SSSR count). The van der Waals surface area contributed by atoms with Gasteiger partial charge in [0.1, 0.15) is 19.8 Å². The lowest BCUT2D eigenvalue weighted by Gasteiger charge is -2.18. The van der Waals surface area contributed by atoms with Gasteiger partial charge in [-0.2, -0.15) is 4.99 Å². The molecule has 2 heterocycles. The largest absolute Gasteiger partial charge is 0.486 e. The number of carbonyl (C=O) groups excluding carboxylic acids is 2. The molecule has 0 unspecified atom stereocenters. The Morgan fingerprint density at radius 1 is 1.17 bits per heavy atom. The Bertz CT molecular complexity index is 1180. The molecule has 0 saturated heterocycles. The zero-order chi connectivity index (χ0) is 20.9. The number of hydrogen-bond donors (Lipinski definition) is 0. The summed E-state index contributed by atoms with van der Waals surface area (Å²) in [6, 6.07) is 13.1. The van der Waals surface area contributed by atoms with E-state index in [4.69, 9.17) is 14.2 Å². The molecule has 0 aliphatic carbocycles. The molecule has 0 N–H and O–H groups in total. The molecule has 2 aromatic carbocycles. The van der Waals surface area contributed by atoms with E-state index >= 15 is 0 Å². The molecule has 0 saturated carbocycles. The minimum atomic E-state index is -0.416. The summed E-state index contributed by atoms with van der Waals surface area (Å²) in [6.45, 7) is 2.91. The van der Waals surface area contributed by atoms with Crippen molar-refractivity contribution in [2.75, 3.05) is 19.8 Å². The van der Waals surface area contributed by atoms with Gasteiger partial charge in [-0.1, -0.05) is 41.7 Å². The average molecular weight is 424 g/mol. The summed E-state index contributed by atoms with van der Waals surface area (Å²) >= 11 is 1.31. The number of nitrogens with zero attached hydrogens (tertiary/aromatic N) is 2. The van der Waals surface area contributed by atoms with E-state index in [0.29, 0.717) is 29.5 Å². The van der Waals surface area contributed by atoms with Crippen LogP contribution in [0.15, 0.2) is 53.5 Å². The van der Waals surface area contributed by atoms with Gasteiger partial charge in [0, 0.05) is 18.2 Å². The Balaban J connectivity index is 1.74. The molecule has 8 heteroatoms. The van der Waals surface area contributed by atoms with Gasteiger partial charge in [-0.15, -0.1) is 0 Å². The second-order valence-corrected chi connectivity index (χ2v) is 7.44. The van der Waals surface area contributed by atoms with E-state index in [-0.39, 0.29) is 13.2 Å². The van der Waals surface area contributed by atoms with Crippen molar-refractivity contribution in [3.05, 3.63) is 58.9 Å². The molecule has 7 nitrogen and oxygen atoms in total. The van der Waals surface area contributed by atoms with Crippen molar-refractivity contribution in [2.45, 2.75) is 13.5 Å².